The van der Waals surface area contributed by atoms with Crippen LogP contribution in [0.5, 0.6) is 5.75 Å². The lowest BCUT2D eigenvalue weighted by Crippen LogP contribution is -2.41. The van der Waals surface area contributed by atoms with Crippen LogP contribution in [0.4, 0.5) is 0 Å². The monoisotopic (exact) mass is 486 g/mol. The Bertz CT molecular complexity index is 1210. The third kappa shape index (κ3) is 5.03. The zero-order valence-electron chi connectivity index (χ0n) is 21.3. The summed E-state index contributed by atoms with van der Waals surface area (Å²) in [5.41, 5.74) is 4.61. The van der Waals surface area contributed by atoms with Gasteiger partial charge in [-0.25, -0.2) is 0 Å². The van der Waals surface area contributed by atoms with Crippen LogP contribution in [0.1, 0.15) is 60.2 Å². The van der Waals surface area contributed by atoms with Gasteiger partial charge in [0.15, 0.2) is 6.10 Å². The van der Waals surface area contributed by atoms with Crippen molar-refractivity contribution in [2.75, 3.05) is 13.6 Å². The van der Waals surface area contributed by atoms with Crippen LogP contribution in [0.25, 0.3) is 0 Å². The van der Waals surface area contributed by atoms with Crippen LogP contribution in [0.15, 0.2) is 65.3 Å². The number of carbonyl (C=O) groups is 2. The number of ether oxygens (including phenoxy) is 1. The van der Waals surface area contributed by atoms with Gasteiger partial charge in [0, 0.05) is 19.5 Å². The van der Waals surface area contributed by atoms with E-state index in [1.807, 2.05) is 36.1 Å². The van der Waals surface area contributed by atoms with Gasteiger partial charge in [0.2, 0.25) is 5.91 Å². The first-order valence-corrected chi connectivity index (χ1v) is 12.9. The lowest BCUT2D eigenvalue weighted by Gasteiger charge is -2.38. The number of nitrogens with zero attached hydrogens (tertiary/aromatic N) is 2. The average Bonchev–Trinajstić information content (AvgIpc) is 3.62. The number of hydrogen-bond acceptors (Lipinski definition) is 4. The second-order valence-corrected chi connectivity index (χ2v) is 10.0. The Morgan fingerprint density at radius 1 is 1.14 bits per heavy atom. The van der Waals surface area contributed by atoms with Gasteiger partial charge in [-0.05, 0) is 73.6 Å². The molecule has 6 heteroatoms. The molecule has 5 rings (SSSR count). The van der Waals surface area contributed by atoms with E-state index >= 15 is 0 Å². The molecule has 36 heavy (non-hydrogen) atoms. The third-order valence-corrected chi connectivity index (χ3v) is 7.22. The van der Waals surface area contributed by atoms with Gasteiger partial charge in [-0.1, -0.05) is 42.8 Å². The van der Waals surface area contributed by atoms with Crippen molar-refractivity contribution in [1.29, 1.82) is 0 Å². The summed E-state index contributed by atoms with van der Waals surface area (Å²) in [6.45, 7) is 5.13. The zero-order valence-corrected chi connectivity index (χ0v) is 21.3. The Labute approximate surface area is 212 Å². The standard InChI is InChI=1S/C30H34N2O4/c1-4-27(30(34)31(3)19-25-6-5-17-35-25)36-24-14-13-21-15-16-32(29(33)23-11-12-23)28(26(21)18-24)22-9-7-20(2)8-10-22/h5-10,13-14,17-18,23,27-28H,4,11-12,15-16,19H2,1-3H3/t27-,28-/m1/s1. The van der Waals surface area contributed by atoms with Crippen molar-refractivity contribution in [3.63, 3.8) is 0 Å². The minimum absolute atomic E-state index is 0.0905. The molecule has 0 unspecified atom stereocenters. The predicted octanol–water partition coefficient (Wildman–Crippen LogP) is 5.29. The normalized spacial score (nSPS) is 17.9. The largest absolute Gasteiger partial charge is 0.481 e. The van der Waals surface area contributed by atoms with E-state index in [0.29, 0.717) is 25.3 Å². The fourth-order valence-corrected chi connectivity index (χ4v) is 5.01. The van der Waals surface area contributed by atoms with Crippen molar-refractivity contribution >= 4 is 11.8 Å². The summed E-state index contributed by atoms with van der Waals surface area (Å²) < 4.78 is 11.7. The fourth-order valence-electron chi connectivity index (χ4n) is 5.01. The first-order chi connectivity index (χ1) is 17.4. The minimum atomic E-state index is -0.603. The fraction of sp³-hybridized carbons (Fsp3) is 0.400. The van der Waals surface area contributed by atoms with Gasteiger partial charge in [-0.3, -0.25) is 9.59 Å². The number of amides is 2. The van der Waals surface area contributed by atoms with Crippen molar-refractivity contribution in [2.45, 2.75) is 58.2 Å². The van der Waals surface area contributed by atoms with E-state index in [9.17, 15) is 9.59 Å². The molecule has 0 bridgehead atoms. The van der Waals surface area contributed by atoms with E-state index < -0.39 is 6.10 Å². The molecule has 0 spiro atoms. The molecule has 188 valence electrons. The molecule has 2 atom stereocenters. The number of benzene rings is 2. The number of carbonyl (C=O) groups excluding carboxylic acids is 2. The molecule has 2 aromatic carbocycles. The summed E-state index contributed by atoms with van der Waals surface area (Å²) in [7, 11) is 1.76. The summed E-state index contributed by atoms with van der Waals surface area (Å²) in [4.78, 5) is 30.1. The molecule has 1 aliphatic heterocycles. The number of likely N-dealkylation sites (N-methyl/N-ethyl adjacent to an activating group) is 1. The summed E-state index contributed by atoms with van der Waals surface area (Å²) in [6, 6.07) is 18.0. The highest BCUT2D eigenvalue weighted by Crippen LogP contribution is 2.41. The maximum atomic E-state index is 13.3. The molecule has 0 saturated heterocycles. The molecule has 6 nitrogen and oxygen atoms in total. The molecular formula is C30H34N2O4. The molecule has 2 aliphatic rings. The second-order valence-electron chi connectivity index (χ2n) is 10.0. The average molecular weight is 487 g/mol. The Morgan fingerprint density at radius 2 is 1.92 bits per heavy atom. The molecule has 1 aliphatic carbocycles. The minimum Gasteiger partial charge on any atom is -0.481 e. The number of fused-ring (bicyclic) bond motifs is 1. The SMILES string of the molecule is CC[C@@H](Oc1ccc2c(c1)[C@@H](c1ccc(C)cc1)N(C(=O)C1CC1)CC2)C(=O)N(C)Cc1ccco1. The van der Waals surface area contributed by atoms with Crippen molar-refractivity contribution in [1.82, 2.24) is 9.80 Å². The topological polar surface area (TPSA) is 63.0 Å². The maximum absolute atomic E-state index is 13.3. The van der Waals surface area contributed by atoms with E-state index in [4.69, 9.17) is 9.15 Å². The first-order valence-electron chi connectivity index (χ1n) is 12.9. The Hall–Kier alpha value is -3.54. The number of aryl methyl sites for hydroxylation is 1. The number of rotatable bonds is 8. The van der Waals surface area contributed by atoms with E-state index in [1.165, 1.54) is 11.1 Å². The van der Waals surface area contributed by atoms with Gasteiger partial charge in [-0.15, -0.1) is 0 Å². The summed E-state index contributed by atoms with van der Waals surface area (Å²) in [5.74, 6) is 1.70. The zero-order chi connectivity index (χ0) is 25.2. The molecule has 1 fully saturated rings. The second kappa shape index (κ2) is 10.2. The van der Waals surface area contributed by atoms with Crippen LogP contribution < -0.4 is 4.74 Å². The van der Waals surface area contributed by atoms with Crippen LogP contribution >= 0.6 is 0 Å². The Kier molecular flexibility index (Phi) is 6.86. The molecule has 0 N–H and O–H groups in total. The van der Waals surface area contributed by atoms with Crippen LogP contribution in [-0.4, -0.2) is 41.3 Å². The van der Waals surface area contributed by atoms with Gasteiger partial charge in [-0.2, -0.15) is 0 Å². The maximum Gasteiger partial charge on any atom is 0.263 e. The highest BCUT2D eigenvalue weighted by molar-refractivity contribution is 5.82. The summed E-state index contributed by atoms with van der Waals surface area (Å²) in [5, 5.41) is 0. The van der Waals surface area contributed by atoms with Crippen molar-refractivity contribution in [2.24, 2.45) is 5.92 Å². The van der Waals surface area contributed by atoms with Crippen LogP contribution in [0.3, 0.4) is 0 Å². The van der Waals surface area contributed by atoms with E-state index in [2.05, 4.69) is 37.3 Å². The van der Waals surface area contributed by atoms with Gasteiger partial charge in [0.05, 0.1) is 18.8 Å². The number of furan rings is 1. The predicted molar refractivity (Wildman–Crippen MR) is 137 cm³/mol. The van der Waals surface area contributed by atoms with Crippen molar-refractivity contribution in [3.05, 3.63) is 88.9 Å². The molecule has 2 amide bonds. The molecule has 3 aromatic rings. The highest BCUT2D eigenvalue weighted by atomic mass is 16.5. The van der Waals surface area contributed by atoms with E-state index in [0.717, 1.165) is 36.1 Å². The first kappa shape index (κ1) is 24.2. The van der Waals surface area contributed by atoms with Gasteiger partial charge < -0.3 is 19.0 Å². The summed E-state index contributed by atoms with van der Waals surface area (Å²) >= 11 is 0. The molecule has 0 radical (unpaired) electrons. The van der Waals surface area contributed by atoms with Gasteiger partial charge in [0.1, 0.15) is 11.5 Å². The Morgan fingerprint density at radius 3 is 2.58 bits per heavy atom. The third-order valence-electron chi connectivity index (χ3n) is 7.22. The highest BCUT2D eigenvalue weighted by Gasteiger charge is 2.39. The number of hydrogen-bond donors (Lipinski definition) is 0. The molecule has 1 saturated carbocycles. The Balaban J connectivity index is 1.41. The quantitative estimate of drug-likeness (QED) is 0.434. The lowest BCUT2D eigenvalue weighted by molar-refractivity contribution is -0.138. The van der Waals surface area contributed by atoms with Crippen LogP contribution in [0, 0.1) is 12.8 Å². The van der Waals surface area contributed by atoms with Crippen LogP contribution in [-0.2, 0) is 22.6 Å². The van der Waals surface area contributed by atoms with E-state index in [1.54, 1.807) is 18.2 Å². The van der Waals surface area contributed by atoms with Gasteiger partial charge in [0.25, 0.3) is 5.91 Å². The van der Waals surface area contributed by atoms with Crippen molar-refractivity contribution < 1.29 is 18.7 Å². The molecule has 1 aromatic heterocycles. The smallest absolute Gasteiger partial charge is 0.263 e. The van der Waals surface area contributed by atoms with Crippen LogP contribution in [0.2, 0.25) is 0 Å². The lowest BCUT2D eigenvalue weighted by atomic mass is 9.87. The van der Waals surface area contributed by atoms with Gasteiger partial charge >= 0.3 is 0 Å². The molecule has 2 heterocycles. The van der Waals surface area contributed by atoms with E-state index in [-0.39, 0.29) is 23.8 Å². The van der Waals surface area contributed by atoms with Crippen molar-refractivity contribution in [3.8, 4) is 5.75 Å². The summed E-state index contributed by atoms with van der Waals surface area (Å²) in [6.07, 6.45) is 4.34. The molecular weight excluding hydrogens is 452 g/mol.